The Hall–Kier alpha value is -2.62. The van der Waals surface area contributed by atoms with Crippen LogP contribution in [0.5, 0.6) is 0 Å². The van der Waals surface area contributed by atoms with Crippen LogP contribution < -0.4 is 10.6 Å². The standard InChI is InChI=1S/C24H30F3N3O3S/c1-16(2)9-10-22(32)30-20(8-5-11-34-15-21(31)24(25,26)27)23(33)29-14-17-12-18-6-3-4-7-19(18)28-13-17/h3-4,6-7,12-13,16,20H,5,8-11,14-15H2,1-2H3,(H,29,33)(H,30,32)/t20-/m0/s1. The van der Waals surface area contributed by atoms with E-state index in [1.54, 1.807) is 6.20 Å². The van der Waals surface area contributed by atoms with Crippen molar-refractivity contribution in [3.8, 4) is 0 Å². The minimum Gasteiger partial charge on any atom is -0.350 e. The van der Waals surface area contributed by atoms with Crippen molar-refractivity contribution in [1.82, 2.24) is 15.6 Å². The molecule has 0 aliphatic heterocycles. The SMILES string of the molecule is CC(C)CCC(=O)N[C@@H](CCCSCC(=O)C(F)(F)F)C(=O)NCc1cnc2ccccc2c1. The molecule has 6 nitrogen and oxygen atoms in total. The van der Waals surface area contributed by atoms with Crippen LogP contribution in [0.2, 0.25) is 0 Å². The van der Waals surface area contributed by atoms with Gasteiger partial charge in [-0.25, -0.2) is 0 Å². The molecular weight excluding hydrogens is 467 g/mol. The number of benzene rings is 1. The van der Waals surface area contributed by atoms with Crippen molar-refractivity contribution in [1.29, 1.82) is 0 Å². The average molecular weight is 498 g/mol. The molecule has 2 amide bonds. The molecule has 0 radical (unpaired) electrons. The van der Waals surface area contributed by atoms with Crippen molar-refractivity contribution in [3.05, 3.63) is 42.1 Å². The molecule has 1 aromatic heterocycles. The predicted molar refractivity (Wildman–Crippen MR) is 127 cm³/mol. The molecule has 1 atom stereocenters. The lowest BCUT2D eigenvalue weighted by Gasteiger charge is -2.19. The summed E-state index contributed by atoms with van der Waals surface area (Å²) in [6.45, 7) is 4.22. The Labute approximate surface area is 201 Å². The Bertz CT molecular complexity index is 983. The summed E-state index contributed by atoms with van der Waals surface area (Å²) in [6, 6.07) is 8.71. The fourth-order valence-electron chi connectivity index (χ4n) is 3.12. The highest BCUT2D eigenvalue weighted by atomic mass is 32.2. The van der Waals surface area contributed by atoms with Gasteiger partial charge in [-0.2, -0.15) is 24.9 Å². The molecule has 1 heterocycles. The van der Waals surface area contributed by atoms with Gasteiger partial charge in [0.15, 0.2) is 0 Å². The monoisotopic (exact) mass is 497 g/mol. The molecule has 2 N–H and O–H groups in total. The van der Waals surface area contributed by atoms with E-state index in [9.17, 15) is 27.6 Å². The molecule has 0 fully saturated rings. The van der Waals surface area contributed by atoms with Gasteiger partial charge in [-0.3, -0.25) is 19.4 Å². The van der Waals surface area contributed by atoms with Crippen LogP contribution in [0.3, 0.4) is 0 Å². The number of pyridine rings is 1. The quantitative estimate of drug-likeness (QED) is 0.400. The van der Waals surface area contributed by atoms with Gasteiger partial charge >= 0.3 is 6.18 Å². The number of ketones is 1. The number of nitrogens with one attached hydrogen (secondary N) is 2. The number of nitrogens with zero attached hydrogens (tertiary/aromatic N) is 1. The summed E-state index contributed by atoms with van der Waals surface area (Å²) >= 11 is 0.864. The molecule has 34 heavy (non-hydrogen) atoms. The lowest BCUT2D eigenvalue weighted by molar-refractivity contribution is -0.167. The molecule has 0 aliphatic rings. The highest BCUT2D eigenvalue weighted by molar-refractivity contribution is 7.99. The first kappa shape index (κ1) is 27.6. The Morgan fingerprint density at radius 3 is 2.56 bits per heavy atom. The normalized spacial score (nSPS) is 12.5. The number of rotatable bonds is 13. The minimum atomic E-state index is -4.84. The van der Waals surface area contributed by atoms with E-state index in [0.29, 0.717) is 18.8 Å². The summed E-state index contributed by atoms with van der Waals surface area (Å²) in [6.07, 6.45) is -1.58. The minimum absolute atomic E-state index is 0.226. The molecule has 2 aromatic rings. The lowest BCUT2D eigenvalue weighted by atomic mass is 10.1. The third-order valence-electron chi connectivity index (χ3n) is 5.05. The summed E-state index contributed by atoms with van der Waals surface area (Å²) in [4.78, 5) is 40.4. The Kier molecular flexibility index (Phi) is 10.8. The zero-order valence-corrected chi connectivity index (χ0v) is 20.1. The fraction of sp³-hybridized carbons (Fsp3) is 0.500. The predicted octanol–water partition coefficient (Wildman–Crippen LogP) is 4.42. The maximum absolute atomic E-state index is 12.8. The van der Waals surface area contributed by atoms with Gasteiger partial charge in [0.2, 0.25) is 17.6 Å². The number of carbonyl (C=O) groups excluding carboxylic acids is 3. The number of hydrogen-bond acceptors (Lipinski definition) is 5. The van der Waals surface area contributed by atoms with Gasteiger partial charge in [0.05, 0.1) is 11.3 Å². The molecule has 186 valence electrons. The largest absolute Gasteiger partial charge is 0.450 e. The zero-order chi connectivity index (χ0) is 25.1. The van der Waals surface area contributed by atoms with Crippen LogP contribution in [0.1, 0.15) is 45.1 Å². The molecular formula is C24H30F3N3O3S. The molecule has 0 saturated heterocycles. The Morgan fingerprint density at radius 1 is 1.12 bits per heavy atom. The third kappa shape index (κ3) is 9.70. The number of amides is 2. The number of alkyl halides is 3. The second kappa shape index (κ2) is 13.3. The van der Waals surface area contributed by atoms with E-state index in [1.807, 2.05) is 44.2 Å². The number of thioether (sulfide) groups is 1. The van der Waals surface area contributed by atoms with Gasteiger partial charge in [0.25, 0.3) is 0 Å². The third-order valence-corrected chi connectivity index (χ3v) is 6.09. The number of Topliss-reactive ketones (excluding diaryl/α,β-unsaturated/α-hetero) is 1. The molecule has 0 unspecified atom stereocenters. The van der Waals surface area contributed by atoms with Crippen LogP contribution >= 0.6 is 11.8 Å². The summed E-state index contributed by atoms with van der Waals surface area (Å²) < 4.78 is 36.9. The van der Waals surface area contributed by atoms with Crippen molar-refractivity contribution < 1.29 is 27.6 Å². The van der Waals surface area contributed by atoms with E-state index in [0.717, 1.165) is 28.2 Å². The van der Waals surface area contributed by atoms with Gasteiger partial charge in [-0.05, 0) is 48.6 Å². The van der Waals surface area contributed by atoms with Crippen LogP contribution in [-0.4, -0.2) is 46.3 Å². The zero-order valence-electron chi connectivity index (χ0n) is 19.3. The van der Waals surface area contributed by atoms with Crippen molar-refractivity contribution >= 4 is 40.3 Å². The molecule has 0 bridgehead atoms. The lowest BCUT2D eigenvalue weighted by Crippen LogP contribution is -2.46. The summed E-state index contributed by atoms with van der Waals surface area (Å²) in [5.74, 6) is -2.46. The second-order valence-corrected chi connectivity index (χ2v) is 9.53. The van der Waals surface area contributed by atoms with Crippen molar-refractivity contribution in [2.75, 3.05) is 11.5 Å². The molecule has 0 aliphatic carbocycles. The van der Waals surface area contributed by atoms with Crippen LogP contribution in [0.15, 0.2) is 36.5 Å². The average Bonchev–Trinajstić information content (AvgIpc) is 2.79. The van der Waals surface area contributed by atoms with E-state index in [4.69, 9.17) is 0 Å². The maximum atomic E-state index is 12.8. The van der Waals surface area contributed by atoms with E-state index in [1.165, 1.54) is 0 Å². The van der Waals surface area contributed by atoms with E-state index in [-0.39, 0.29) is 37.0 Å². The number of aromatic nitrogens is 1. The maximum Gasteiger partial charge on any atom is 0.450 e. The highest BCUT2D eigenvalue weighted by Crippen LogP contribution is 2.19. The van der Waals surface area contributed by atoms with Crippen molar-refractivity contribution in [3.63, 3.8) is 0 Å². The summed E-state index contributed by atoms with van der Waals surface area (Å²) in [7, 11) is 0. The Morgan fingerprint density at radius 2 is 1.85 bits per heavy atom. The second-order valence-electron chi connectivity index (χ2n) is 8.42. The first-order valence-corrected chi connectivity index (χ1v) is 12.3. The number of carbonyl (C=O) groups is 3. The molecule has 2 rings (SSSR count). The topological polar surface area (TPSA) is 88.2 Å². The van der Waals surface area contributed by atoms with E-state index in [2.05, 4.69) is 15.6 Å². The van der Waals surface area contributed by atoms with Gasteiger partial charge in [-0.1, -0.05) is 32.0 Å². The molecule has 0 saturated carbocycles. The fourth-order valence-corrected chi connectivity index (χ4v) is 3.98. The van der Waals surface area contributed by atoms with Crippen molar-refractivity contribution in [2.45, 2.75) is 58.3 Å². The first-order valence-electron chi connectivity index (χ1n) is 11.1. The number of halogens is 3. The van der Waals surface area contributed by atoms with E-state index < -0.39 is 23.8 Å². The van der Waals surface area contributed by atoms with Crippen molar-refractivity contribution in [2.24, 2.45) is 5.92 Å². The smallest absolute Gasteiger partial charge is 0.350 e. The van der Waals surface area contributed by atoms with Gasteiger partial charge in [-0.15, -0.1) is 0 Å². The van der Waals surface area contributed by atoms with Crippen LogP contribution in [0.25, 0.3) is 10.9 Å². The van der Waals surface area contributed by atoms with Gasteiger partial charge < -0.3 is 10.6 Å². The number of hydrogen-bond donors (Lipinski definition) is 2. The molecule has 1 aromatic carbocycles. The highest BCUT2D eigenvalue weighted by Gasteiger charge is 2.37. The number of para-hydroxylation sites is 1. The van der Waals surface area contributed by atoms with Gasteiger partial charge in [0.1, 0.15) is 6.04 Å². The molecule has 0 spiro atoms. The summed E-state index contributed by atoms with van der Waals surface area (Å²) in [5.41, 5.74) is 1.65. The van der Waals surface area contributed by atoms with E-state index >= 15 is 0 Å². The summed E-state index contributed by atoms with van der Waals surface area (Å²) in [5, 5.41) is 6.49. The van der Waals surface area contributed by atoms with Gasteiger partial charge in [0, 0.05) is 24.5 Å². The first-order chi connectivity index (χ1) is 16.1. The van der Waals surface area contributed by atoms with Crippen LogP contribution in [-0.2, 0) is 20.9 Å². The van der Waals surface area contributed by atoms with Crippen LogP contribution in [0, 0.1) is 5.92 Å². The molecule has 10 heteroatoms. The Balaban J connectivity index is 1.91. The number of fused-ring (bicyclic) bond motifs is 1. The van der Waals surface area contributed by atoms with Crippen LogP contribution in [0.4, 0.5) is 13.2 Å².